The number of methoxy groups -OCH3 is 1. The van der Waals surface area contributed by atoms with Crippen LogP contribution in [0.25, 0.3) is 0 Å². The van der Waals surface area contributed by atoms with Crippen molar-refractivity contribution in [3.05, 3.63) is 27.7 Å². The van der Waals surface area contributed by atoms with E-state index in [4.69, 9.17) is 27.9 Å². The minimum Gasteiger partial charge on any atom is -0.494 e. The molecule has 0 aliphatic carbocycles. The number of carbonyl (C=O) groups is 2. The van der Waals surface area contributed by atoms with Crippen molar-refractivity contribution < 1.29 is 14.3 Å². The molecule has 0 radical (unpaired) electrons. The fraction of sp³-hybridized carbons (Fsp3) is 0.467. The summed E-state index contributed by atoms with van der Waals surface area (Å²) >= 11 is 12.1. The van der Waals surface area contributed by atoms with Gasteiger partial charge in [-0.25, -0.2) is 0 Å². The zero-order chi connectivity index (χ0) is 16.3. The topological polar surface area (TPSA) is 58.6 Å². The SMILES string of the molecule is COc1c(Cl)ccc(Cl)c1C(=O)NC1CCN(C(C)=O)CC1. The molecule has 1 saturated heterocycles. The Morgan fingerprint density at radius 1 is 1.23 bits per heavy atom. The van der Waals surface area contributed by atoms with Gasteiger partial charge in [-0.1, -0.05) is 23.2 Å². The summed E-state index contributed by atoms with van der Waals surface area (Å²) in [5, 5.41) is 3.57. The number of rotatable bonds is 3. The van der Waals surface area contributed by atoms with Crippen molar-refractivity contribution in [3.63, 3.8) is 0 Å². The van der Waals surface area contributed by atoms with Crippen molar-refractivity contribution in [3.8, 4) is 5.75 Å². The van der Waals surface area contributed by atoms with Gasteiger partial charge in [-0.2, -0.15) is 0 Å². The van der Waals surface area contributed by atoms with Crippen LogP contribution < -0.4 is 10.1 Å². The molecule has 22 heavy (non-hydrogen) atoms. The quantitative estimate of drug-likeness (QED) is 0.916. The predicted octanol–water partition coefficient (Wildman–Crippen LogP) is 2.74. The Morgan fingerprint density at radius 3 is 2.36 bits per heavy atom. The molecule has 0 aromatic heterocycles. The van der Waals surface area contributed by atoms with E-state index in [0.29, 0.717) is 36.0 Å². The van der Waals surface area contributed by atoms with E-state index < -0.39 is 0 Å². The van der Waals surface area contributed by atoms with E-state index in [1.807, 2.05) is 0 Å². The molecule has 120 valence electrons. The van der Waals surface area contributed by atoms with E-state index in [9.17, 15) is 9.59 Å². The first-order chi connectivity index (χ1) is 10.4. The standard InChI is InChI=1S/C15H18Cl2N2O3/c1-9(20)19-7-5-10(6-8-19)18-15(21)13-11(16)3-4-12(17)14(13)22-2/h3-4,10H,5-8H2,1-2H3,(H,18,21). The van der Waals surface area contributed by atoms with Gasteiger partial charge in [0, 0.05) is 26.1 Å². The molecule has 0 saturated carbocycles. The molecule has 2 amide bonds. The van der Waals surface area contributed by atoms with Crippen LogP contribution >= 0.6 is 23.2 Å². The minimum absolute atomic E-state index is 0.00264. The molecule has 0 atom stereocenters. The first kappa shape index (κ1) is 16.9. The molecular weight excluding hydrogens is 327 g/mol. The van der Waals surface area contributed by atoms with Gasteiger partial charge in [-0.05, 0) is 25.0 Å². The molecule has 1 fully saturated rings. The molecule has 5 nitrogen and oxygen atoms in total. The molecule has 0 unspecified atom stereocenters. The lowest BCUT2D eigenvalue weighted by Crippen LogP contribution is -2.46. The summed E-state index contributed by atoms with van der Waals surface area (Å²) in [6.07, 6.45) is 1.43. The summed E-state index contributed by atoms with van der Waals surface area (Å²) in [5.74, 6) is 0.0165. The van der Waals surface area contributed by atoms with Crippen molar-refractivity contribution in [2.75, 3.05) is 20.2 Å². The van der Waals surface area contributed by atoms with Crippen LogP contribution in [0.15, 0.2) is 12.1 Å². The normalized spacial score (nSPS) is 15.5. The molecule has 1 aliphatic heterocycles. The number of hydrogen-bond acceptors (Lipinski definition) is 3. The monoisotopic (exact) mass is 344 g/mol. The maximum absolute atomic E-state index is 12.5. The first-order valence-electron chi connectivity index (χ1n) is 7.02. The van der Waals surface area contributed by atoms with E-state index in [-0.39, 0.29) is 29.2 Å². The number of likely N-dealkylation sites (tertiary alicyclic amines) is 1. The fourth-order valence-electron chi connectivity index (χ4n) is 2.54. The van der Waals surface area contributed by atoms with Gasteiger partial charge in [-0.3, -0.25) is 9.59 Å². The van der Waals surface area contributed by atoms with Crippen molar-refractivity contribution >= 4 is 35.0 Å². The van der Waals surface area contributed by atoms with Crippen LogP contribution in [0.1, 0.15) is 30.1 Å². The fourth-order valence-corrected chi connectivity index (χ4v) is 3.01. The Morgan fingerprint density at radius 2 is 1.82 bits per heavy atom. The number of hydrogen-bond donors (Lipinski definition) is 1. The second-order valence-corrected chi connectivity index (χ2v) is 6.01. The van der Waals surface area contributed by atoms with Gasteiger partial charge in [0.2, 0.25) is 5.91 Å². The lowest BCUT2D eigenvalue weighted by Gasteiger charge is -2.31. The first-order valence-corrected chi connectivity index (χ1v) is 7.78. The van der Waals surface area contributed by atoms with E-state index in [1.165, 1.54) is 7.11 Å². The summed E-state index contributed by atoms with van der Waals surface area (Å²) in [6, 6.07) is 3.16. The van der Waals surface area contributed by atoms with Gasteiger partial charge in [0.05, 0.1) is 17.2 Å². The second-order valence-electron chi connectivity index (χ2n) is 5.19. The van der Waals surface area contributed by atoms with Crippen LogP contribution in [0.2, 0.25) is 10.0 Å². The van der Waals surface area contributed by atoms with Crippen molar-refractivity contribution in [1.82, 2.24) is 10.2 Å². The van der Waals surface area contributed by atoms with Gasteiger partial charge in [0.1, 0.15) is 5.56 Å². The number of carbonyl (C=O) groups excluding carboxylic acids is 2. The summed E-state index contributed by atoms with van der Waals surface area (Å²) < 4.78 is 5.19. The summed E-state index contributed by atoms with van der Waals surface area (Å²) in [6.45, 7) is 2.83. The molecule has 1 aliphatic rings. The molecule has 2 rings (SSSR count). The third-order valence-electron chi connectivity index (χ3n) is 3.77. The summed E-state index contributed by atoms with van der Waals surface area (Å²) in [4.78, 5) is 25.5. The molecule has 1 aromatic rings. The average molecular weight is 345 g/mol. The molecule has 1 N–H and O–H groups in total. The minimum atomic E-state index is -0.314. The Kier molecular flexibility index (Phi) is 5.53. The number of benzene rings is 1. The van der Waals surface area contributed by atoms with Crippen LogP contribution in [-0.4, -0.2) is 43.0 Å². The van der Waals surface area contributed by atoms with Crippen LogP contribution in [-0.2, 0) is 4.79 Å². The van der Waals surface area contributed by atoms with Gasteiger partial charge in [0.15, 0.2) is 5.75 Å². The van der Waals surface area contributed by atoms with Gasteiger partial charge < -0.3 is 15.0 Å². The molecule has 7 heteroatoms. The van der Waals surface area contributed by atoms with Crippen molar-refractivity contribution in [2.24, 2.45) is 0 Å². The van der Waals surface area contributed by atoms with Crippen molar-refractivity contribution in [1.29, 1.82) is 0 Å². The van der Waals surface area contributed by atoms with Crippen LogP contribution in [0.4, 0.5) is 0 Å². The number of amides is 2. The van der Waals surface area contributed by atoms with Crippen molar-refractivity contribution in [2.45, 2.75) is 25.8 Å². The highest BCUT2D eigenvalue weighted by Crippen LogP contribution is 2.33. The Labute approximate surface area is 139 Å². The molecule has 0 spiro atoms. The smallest absolute Gasteiger partial charge is 0.256 e. The van der Waals surface area contributed by atoms with Gasteiger partial charge in [0.25, 0.3) is 5.91 Å². The summed E-state index contributed by atoms with van der Waals surface area (Å²) in [7, 11) is 1.44. The Balaban J connectivity index is 2.08. The van der Waals surface area contributed by atoms with Crippen LogP contribution in [0.3, 0.4) is 0 Å². The van der Waals surface area contributed by atoms with E-state index in [1.54, 1.807) is 24.0 Å². The number of halogens is 2. The highest BCUT2D eigenvalue weighted by Gasteiger charge is 2.25. The Bertz CT molecular complexity index is 584. The third kappa shape index (κ3) is 3.65. The number of piperidine rings is 1. The maximum Gasteiger partial charge on any atom is 0.256 e. The molecule has 0 bridgehead atoms. The lowest BCUT2D eigenvalue weighted by atomic mass is 10.0. The van der Waals surface area contributed by atoms with E-state index in [2.05, 4.69) is 5.32 Å². The molecule has 1 heterocycles. The molecular formula is C15H18Cl2N2O3. The number of ether oxygens (including phenoxy) is 1. The highest BCUT2D eigenvalue weighted by molar-refractivity contribution is 6.37. The maximum atomic E-state index is 12.5. The zero-order valence-electron chi connectivity index (χ0n) is 12.5. The largest absolute Gasteiger partial charge is 0.494 e. The van der Waals surface area contributed by atoms with Crippen LogP contribution in [0, 0.1) is 0 Å². The Hall–Kier alpha value is -1.46. The zero-order valence-corrected chi connectivity index (χ0v) is 14.0. The number of nitrogens with zero attached hydrogens (tertiary/aromatic N) is 1. The number of nitrogens with one attached hydrogen (secondary N) is 1. The van der Waals surface area contributed by atoms with Gasteiger partial charge in [-0.15, -0.1) is 0 Å². The van der Waals surface area contributed by atoms with E-state index in [0.717, 1.165) is 0 Å². The van der Waals surface area contributed by atoms with Crippen LogP contribution in [0.5, 0.6) is 5.75 Å². The predicted molar refractivity (Wildman–Crippen MR) is 85.8 cm³/mol. The van der Waals surface area contributed by atoms with E-state index >= 15 is 0 Å². The lowest BCUT2D eigenvalue weighted by molar-refractivity contribution is -0.129. The average Bonchev–Trinajstić information content (AvgIpc) is 2.49. The molecule has 1 aromatic carbocycles. The second kappa shape index (κ2) is 7.20. The third-order valence-corrected chi connectivity index (χ3v) is 4.38. The van der Waals surface area contributed by atoms with Gasteiger partial charge >= 0.3 is 0 Å². The summed E-state index contributed by atoms with van der Waals surface area (Å²) in [5.41, 5.74) is 0.241. The highest BCUT2D eigenvalue weighted by atomic mass is 35.5.